The van der Waals surface area contributed by atoms with Crippen molar-refractivity contribution in [3.63, 3.8) is 0 Å². The molecule has 1 aliphatic carbocycles. The third kappa shape index (κ3) is 2.93. The summed E-state index contributed by atoms with van der Waals surface area (Å²) >= 11 is 5.82. The standard InChI is InChI=1S/C18H15ClFNO3S/c1-24-11-18(10-21)16(12-3-2-4-14(20)9-12)17(18)25(22,23)15-7-5-13(19)6-8-15/h2-9,16-17H,11H2,1H3/t16-,17+,18+/m0/s1. The van der Waals surface area contributed by atoms with Crippen molar-refractivity contribution in [2.45, 2.75) is 16.1 Å². The van der Waals surface area contributed by atoms with Crippen LogP contribution in [0.1, 0.15) is 11.5 Å². The first-order chi connectivity index (χ1) is 11.9. The second kappa shape index (κ2) is 6.41. The third-order valence-corrected chi connectivity index (χ3v) is 7.07. The van der Waals surface area contributed by atoms with Crippen molar-refractivity contribution in [3.05, 3.63) is 64.9 Å². The van der Waals surface area contributed by atoms with Crippen molar-refractivity contribution in [3.8, 4) is 6.07 Å². The molecule has 0 saturated heterocycles. The van der Waals surface area contributed by atoms with E-state index in [2.05, 4.69) is 6.07 Å². The van der Waals surface area contributed by atoms with E-state index in [1.807, 2.05) is 0 Å². The topological polar surface area (TPSA) is 67.2 Å². The van der Waals surface area contributed by atoms with Crippen molar-refractivity contribution in [1.29, 1.82) is 5.26 Å². The highest BCUT2D eigenvalue weighted by Gasteiger charge is 2.72. The van der Waals surface area contributed by atoms with Gasteiger partial charge in [-0.15, -0.1) is 0 Å². The normalized spacial score (nSPS) is 25.4. The van der Waals surface area contributed by atoms with Crippen LogP contribution in [0.2, 0.25) is 5.02 Å². The average Bonchev–Trinajstić information content (AvgIpc) is 3.26. The van der Waals surface area contributed by atoms with Crippen LogP contribution in [-0.2, 0) is 14.6 Å². The average molecular weight is 380 g/mol. The van der Waals surface area contributed by atoms with E-state index in [1.165, 1.54) is 49.6 Å². The molecule has 0 radical (unpaired) electrons. The zero-order valence-electron chi connectivity index (χ0n) is 13.3. The molecule has 0 unspecified atom stereocenters. The smallest absolute Gasteiger partial charge is 0.183 e. The van der Waals surface area contributed by atoms with Gasteiger partial charge in [-0.2, -0.15) is 5.26 Å². The van der Waals surface area contributed by atoms with E-state index < -0.39 is 32.2 Å². The van der Waals surface area contributed by atoms with Gasteiger partial charge in [-0.05, 0) is 42.0 Å². The van der Waals surface area contributed by atoms with Crippen LogP contribution in [0.5, 0.6) is 0 Å². The van der Waals surface area contributed by atoms with E-state index >= 15 is 0 Å². The Morgan fingerprint density at radius 3 is 2.52 bits per heavy atom. The molecule has 2 aromatic carbocycles. The maximum absolute atomic E-state index is 13.6. The van der Waals surface area contributed by atoms with E-state index in [9.17, 15) is 18.1 Å². The third-order valence-electron chi connectivity index (χ3n) is 4.53. The lowest BCUT2D eigenvalue weighted by Gasteiger charge is -2.08. The predicted octanol–water partition coefficient (Wildman–Crippen LogP) is 3.58. The van der Waals surface area contributed by atoms with Gasteiger partial charge in [-0.25, -0.2) is 12.8 Å². The number of hydrogen-bond donors (Lipinski definition) is 0. The molecule has 3 rings (SSSR count). The van der Waals surface area contributed by atoms with Crippen LogP contribution < -0.4 is 0 Å². The molecule has 1 saturated carbocycles. The number of ether oxygens (including phenoxy) is 1. The molecule has 0 bridgehead atoms. The summed E-state index contributed by atoms with van der Waals surface area (Å²) in [6.45, 7) is -0.0534. The van der Waals surface area contributed by atoms with E-state index in [0.717, 1.165) is 0 Å². The summed E-state index contributed by atoms with van der Waals surface area (Å²) in [7, 11) is -2.41. The Kier molecular flexibility index (Phi) is 4.58. The Morgan fingerprint density at radius 2 is 1.96 bits per heavy atom. The SMILES string of the molecule is COC[C@@]1(C#N)[C@H](S(=O)(=O)c2ccc(Cl)cc2)[C@@H]1c1cccc(F)c1. The van der Waals surface area contributed by atoms with Gasteiger partial charge >= 0.3 is 0 Å². The number of sulfone groups is 1. The van der Waals surface area contributed by atoms with Gasteiger partial charge in [0.15, 0.2) is 9.84 Å². The predicted molar refractivity (Wildman–Crippen MR) is 91.5 cm³/mol. The summed E-state index contributed by atoms with van der Waals surface area (Å²) in [6.07, 6.45) is 0. The number of nitriles is 1. The van der Waals surface area contributed by atoms with Gasteiger partial charge in [0.1, 0.15) is 11.2 Å². The molecule has 25 heavy (non-hydrogen) atoms. The Morgan fingerprint density at radius 1 is 1.28 bits per heavy atom. The number of rotatable bonds is 5. The Bertz CT molecular complexity index is 940. The van der Waals surface area contributed by atoms with E-state index in [4.69, 9.17) is 16.3 Å². The maximum Gasteiger partial charge on any atom is 0.183 e. The fourth-order valence-corrected chi connectivity index (χ4v) is 5.82. The molecule has 2 aromatic rings. The van der Waals surface area contributed by atoms with Crippen LogP contribution in [-0.4, -0.2) is 27.4 Å². The van der Waals surface area contributed by atoms with Crippen LogP contribution in [0.4, 0.5) is 4.39 Å². The highest BCUT2D eigenvalue weighted by molar-refractivity contribution is 7.92. The lowest BCUT2D eigenvalue weighted by atomic mass is 10.0. The summed E-state index contributed by atoms with van der Waals surface area (Å²) in [4.78, 5) is 0.0801. The lowest BCUT2D eigenvalue weighted by Crippen LogP contribution is -2.19. The molecule has 130 valence electrons. The Balaban J connectivity index is 2.09. The van der Waals surface area contributed by atoms with Gasteiger partial charge < -0.3 is 4.74 Å². The summed E-state index contributed by atoms with van der Waals surface area (Å²) in [5.74, 6) is -1.13. The van der Waals surface area contributed by atoms with Crippen LogP contribution in [0.25, 0.3) is 0 Å². The summed E-state index contributed by atoms with van der Waals surface area (Å²) < 4.78 is 44.9. The van der Waals surface area contributed by atoms with Crippen molar-refractivity contribution >= 4 is 21.4 Å². The first kappa shape index (κ1) is 17.9. The molecule has 3 atom stereocenters. The Labute approximate surface area is 150 Å². The van der Waals surface area contributed by atoms with Gasteiger partial charge in [0.05, 0.1) is 22.8 Å². The van der Waals surface area contributed by atoms with Crippen molar-refractivity contribution in [2.75, 3.05) is 13.7 Å². The maximum atomic E-state index is 13.6. The quantitative estimate of drug-likeness (QED) is 0.796. The Hall–Kier alpha value is -1.94. The minimum absolute atomic E-state index is 0.0534. The van der Waals surface area contributed by atoms with E-state index in [-0.39, 0.29) is 11.5 Å². The minimum atomic E-state index is -3.82. The zero-order chi connectivity index (χ0) is 18.2. The molecule has 1 fully saturated rings. The second-order valence-corrected chi connectivity index (χ2v) is 8.54. The molecule has 0 amide bonds. The first-order valence-electron chi connectivity index (χ1n) is 7.52. The first-order valence-corrected chi connectivity index (χ1v) is 9.44. The molecule has 4 nitrogen and oxygen atoms in total. The number of methoxy groups -OCH3 is 1. The molecule has 0 heterocycles. The molecule has 1 aliphatic rings. The monoisotopic (exact) mass is 379 g/mol. The number of hydrogen-bond acceptors (Lipinski definition) is 4. The van der Waals surface area contributed by atoms with Gasteiger partial charge in [-0.3, -0.25) is 0 Å². The molecule has 0 aliphatic heterocycles. The number of halogens is 2. The van der Waals surface area contributed by atoms with Gasteiger partial charge in [0.2, 0.25) is 0 Å². The fraction of sp³-hybridized carbons (Fsp3) is 0.278. The van der Waals surface area contributed by atoms with Crippen molar-refractivity contribution in [2.24, 2.45) is 5.41 Å². The van der Waals surface area contributed by atoms with Crippen LogP contribution in [0.3, 0.4) is 0 Å². The molecule has 7 heteroatoms. The molecule has 0 aromatic heterocycles. The molecule has 0 spiro atoms. The largest absolute Gasteiger partial charge is 0.383 e. The molecular weight excluding hydrogens is 365 g/mol. The second-order valence-electron chi connectivity index (χ2n) is 6.04. The zero-order valence-corrected chi connectivity index (χ0v) is 14.9. The van der Waals surface area contributed by atoms with E-state index in [1.54, 1.807) is 6.07 Å². The van der Waals surface area contributed by atoms with Crippen LogP contribution in [0, 0.1) is 22.6 Å². The van der Waals surface area contributed by atoms with Crippen LogP contribution in [0.15, 0.2) is 53.4 Å². The summed E-state index contributed by atoms with van der Waals surface area (Å²) in [5, 5.41) is 9.11. The van der Waals surface area contributed by atoms with Gasteiger partial charge in [0, 0.05) is 18.1 Å². The van der Waals surface area contributed by atoms with Crippen LogP contribution >= 0.6 is 11.6 Å². The van der Waals surface area contributed by atoms with E-state index in [0.29, 0.717) is 10.6 Å². The number of benzene rings is 2. The summed E-state index contributed by atoms with van der Waals surface area (Å²) in [5.41, 5.74) is -0.776. The number of nitrogens with zero attached hydrogens (tertiary/aromatic N) is 1. The van der Waals surface area contributed by atoms with Gasteiger partial charge in [0.25, 0.3) is 0 Å². The van der Waals surface area contributed by atoms with Gasteiger partial charge in [-0.1, -0.05) is 23.7 Å². The minimum Gasteiger partial charge on any atom is -0.383 e. The van der Waals surface area contributed by atoms with Crippen molar-refractivity contribution < 1.29 is 17.5 Å². The highest BCUT2D eigenvalue weighted by atomic mass is 35.5. The highest BCUT2D eigenvalue weighted by Crippen LogP contribution is 2.63. The fourth-order valence-electron chi connectivity index (χ4n) is 3.38. The molecule has 0 N–H and O–H groups in total. The molecular formula is C18H15ClFNO3S. The van der Waals surface area contributed by atoms with Crippen molar-refractivity contribution in [1.82, 2.24) is 0 Å². The lowest BCUT2D eigenvalue weighted by molar-refractivity contribution is 0.162. The summed E-state index contributed by atoms with van der Waals surface area (Å²) in [6, 6.07) is 13.6.